The van der Waals surface area contributed by atoms with E-state index in [-0.39, 0.29) is 41.1 Å². The third kappa shape index (κ3) is 2.53. The number of fused-ring (bicyclic) bond motifs is 2. The number of ether oxygens (including phenoxy) is 3. The van der Waals surface area contributed by atoms with Gasteiger partial charge in [0.2, 0.25) is 18.6 Å². The second kappa shape index (κ2) is 6.52. The van der Waals surface area contributed by atoms with Gasteiger partial charge in [0.15, 0.2) is 11.5 Å². The van der Waals surface area contributed by atoms with Crippen molar-refractivity contribution in [1.29, 1.82) is 5.26 Å². The number of hydrogen-bond donors (Lipinski definition) is 2. The number of H-pyrrole nitrogens is 1. The number of nitrogens with one attached hydrogen (secondary N) is 1. The van der Waals surface area contributed by atoms with Crippen LogP contribution in [0.3, 0.4) is 0 Å². The molecule has 1 aromatic heterocycles. The van der Waals surface area contributed by atoms with E-state index in [0.29, 0.717) is 17.0 Å². The van der Waals surface area contributed by atoms with Crippen LogP contribution in [-0.4, -0.2) is 21.9 Å². The zero-order valence-electron chi connectivity index (χ0n) is 15.3. The van der Waals surface area contributed by atoms with E-state index in [9.17, 15) is 15.4 Å². The fraction of sp³-hybridized carbons (Fsp3) is 0.100. The van der Waals surface area contributed by atoms with Gasteiger partial charge in [0.25, 0.3) is 5.69 Å². The van der Waals surface area contributed by atoms with E-state index >= 15 is 0 Å². The van der Waals surface area contributed by atoms with E-state index in [2.05, 4.69) is 10.2 Å². The summed E-state index contributed by atoms with van der Waals surface area (Å²) in [6, 6.07) is 14.1. The molecule has 1 atom stereocenters. The van der Waals surface area contributed by atoms with Gasteiger partial charge in [-0.1, -0.05) is 30.3 Å². The van der Waals surface area contributed by atoms with E-state index in [1.165, 1.54) is 12.1 Å². The number of nitro groups is 1. The van der Waals surface area contributed by atoms with E-state index < -0.39 is 10.8 Å². The van der Waals surface area contributed by atoms with Gasteiger partial charge in [-0.2, -0.15) is 5.26 Å². The summed E-state index contributed by atoms with van der Waals surface area (Å²) in [6.45, 7) is -0.0426. The predicted octanol–water partition coefficient (Wildman–Crippen LogP) is 2.93. The van der Waals surface area contributed by atoms with Crippen LogP contribution < -0.4 is 19.9 Å². The lowest BCUT2D eigenvalue weighted by molar-refractivity contribution is -0.385. The van der Waals surface area contributed by atoms with Crippen molar-refractivity contribution in [3.63, 3.8) is 0 Å². The number of hydrogen-bond acceptors (Lipinski definition) is 8. The van der Waals surface area contributed by atoms with Crippen molar-refractivity contribution in [2.24, 2.45) is 5.73 Å². The third-order valence-corrected chi connectivity index (χ3v) is 5.03. The standard InChI is InChI=1S/C20H13N5O5/c21-8-12-16(11-6-14-15(29-9-28-14)7-13(11)25(26)27)17-18(10-4-2-1-3-5-10)23-24-20(17)30-19(12)22/h1-7,16H,9,22H2,(H,23,24)/t16-/m1/s1. The van der Waals surface area contributed by atoms with E-state index in [1.807, 2.05) is 36.4 Å². The summed E-state index contributed by atoms with van der Waals surface area (Å²) in [5, 5.41) is 28.8. The van der Waals surface area contributed by atoms with Crippen molar-refractivity contribution in [3.8, 4) is 34.7 Å². The minimum Gasteiger partial charge on any atom is -0.454 e. The van der Waals surface area contributed by atoms with Crippen molar-refractivity contribution >= 4 is 5.69 Å². The molecule has 0 spiro atoms. The lowest BCUT2D eigenvalue weighted by Gasteiger charge is -2.24. The number of nitrogens with two attached hydrogens (primary N) is 1. The summed E-state index contributed by atoms with van der Waals surface area (Å²) in [6.07, 6.45) is 0. The smallest absolute Gasteiger partial charge is 0.277 e. The van der Waals surface area contributed by atoms with Gasteiger partial charge in [-0.25, -0.2) is 0 Å². The van der Waals surface area contributed by atoms with Crippen LogP contribution in [-0.2, 0) is 0 Å². The molecule has 0 bridgehead atoms. The Labute approximate surface area is 169 Å². The Morgan fingerprint density at radius 3 is 2.67 bits per heavy atom. The molecule has 2 aliphatic rings. The predicted molar refractivity (Wildman–Crippen MR) is 103 cm³/mol. The summed E-state index contributed by atoms with van der Waals surface area (Å²) in [5.74, 6) is -0.272. The molecule has 0 saturated carbocycles. The molecule has 2 aliphatic heterocycles. The molecule has 0 fully saturated rings. The first kappa shape index (κ1) is 17.6. The molecule has 0 unspecified atom stereocenters. The molecule has 0 saturated heterocycles. The lowest BCUT2D eigenvalue weighted by atomic mass is 9.82. The minimum atomic E-state index is -0.886. The van der Waals surface area contributed by atoms with Gasteiger partial charge in [0.1, 0.15) is 11.6 Å². The molecule has 0 radical (unpaired) electrons. The van der Waals surface area contributed by atoms with Crippen molar-refractivity contribution in [2.75, 3.05) is 6.79 Å². The molecule has 3 heterocycles. The van der Waals surface area contributed by atoms with Crippen molar-refractivity contribution in [3.05, 3.63) is 75.2 Å². The van der Waals surface area contributed by atoms with E-state index in [4.69, 9.17) is 19.9 Å². The Morgan fingerprint density at radius 1 is 1.23 bits per heavy atom. The van der Waals surface area contributed by atoms with Crippen LogP contribution in [0.1, 0.15) is 17.0 Å². The molecule has 5 rings (SSSR count). The first-order chi connectivity index (χ1) is 14.6. The molecule has 30 heavy (non-hydrogen) atoms. The molecule has 10 nitrogen and oxygen atoms in total. The Bertz CT molecular complexity index is 1260. The molecule has 3 N–H and O–H groups in total. The fourth-order valence-electron chi connectivity index (χ4n) is 3.72. The van der Waals surface area contributed by atoms with Crippen LogP contribution in [0.15, 0.2) is 53.9 Å². The number of benzene rings is 2. The van der Waals surface area contributed by atoms with Crippen LogP contribution in [0.2, 0.25) is 0 Å². The molecular weight excluding hydrogens is 390 g/mol. The molecule has 148 valence electrons. The van der Waals surface area contributed by atoms with Crippen LogP contribution >= 0.6 is 0 Å². The average molecular weight is 403 g/mol. The average Bonchev–Trinajstić information content (AvgIpc) is 3.38. The maximum Gasteiger partial charge on any atom is 0.277 e. The number of nitro benzene ring substituents is 1. The van der Waals surface area contributed by atoms with Crippen molar-refractivity contribution < 1.29 is 19.1 Å². The van der Waals surface area contributed by atoms with Gasteiger partial charge in [-0.15, -0.1) is 5.10 Å². The highest BCUT2D eigenvalue weighted by atomic mass is 16.7. The first-order valence-electron chi connectivity index (χ1n) is 8.87. The summed E-state index contributed by atoms with van der Waals surface area (Å²) in [7, 11) is 0. The molecule has 0 aliphatic carbocycles. The van der Waals surface area contributed by atoms with Gasteiger partial charge in [0.05, 0.1) is 28.2 Å². The molecular formula is C20H13N5O5. The quantitative estimate of drug-likeness (QED) is 0.501. The highest BCUT2D eigenvalue weighted by molar-refractivity contribution is 5.73. The Kier molecular flexibility index (Phi) is 3.82. The first-order valence-corrected chi connectivity index (χ1v) is 8.87. The number of aromatic amines is 1. The van der Waals surface area contributed by atoms with Crippen LogP contribution in [0.4, 0.5) is 5.69 Å². The second-order valence-electron chi connectivity index (χ2n) is 6.63. The normalized spacial score (nSPS) is 16.6. The highest BCUT2D eigenvalue weighted by Gasteiger charge is 2.40. The minimum absolute atomic E-state index is 0.0426. The molecule has 3 aromatic rings. The number of rotatable bonds is 3. The lowest BCUT2D eigenvalue weighted by Crippen LogP contribution is -2.21. The number of nitriles is 1. The number of nitrogens with zero attached hydrogens (tertiary/aromatic N) is 3. The Hall–Kier alpha value is -4.52. The zero-order valence-corrected chi connectivity index (χ0v) is 15.3. The number of aromatic nitrogens is 2. The molecule has 0 amide bonds. The SMILES string of the molecule is N#CC1=C(N)Oc2n[nH]c(-c3ccccc3)c2[C@@H]1c1cc2c(cc1[N+](=O)[O-])OCO2. The van der Waals surface area contributed by atoms with Crippen molar-refractivity contribution in [1.82, 2.24) is 10.2 Å². The third-order valence-electron chi connectivity index (χ3n) is 5.03. The van der Waals surface area contributed by atoms with Gasteiger partial charge >= 0.3 is 0 Å². The van der Waals surface area contributed by atoms with Gasteiger partial charge in [-0.3, -0.25) is 15.2 Å². The van der Waals surface area contributed by atoms with E-state index in [0.717, 1.165) is 5.56 Å². The van der Waals surface area contributed by atoms with E-state index in [1.54, 1.807) is 0 Å². The number of allylic oxidation sites excluding steroid dienone is 1. The largest absolute Gasteiger partial charge is 0.454 e. The maximum absolute atomic E-state index is 11.9. The zero-order chi connectivity index (χ0) is 20.8. The van der Waals surface area contributed by atoms with Crippen molar-refractivity contribution in [2.45, 2.75) is 5.92 Å². The maximum atomic E-state index is 11.9. The monoisotopic (exact) mass is 403 g/mol. The molecule has 10 heteroatoms. The summed E-state index contributed by atoms with van der Waals surface area (Å²) in [5.41, 5.74) is 7.85. The molecule has 2 aromatic carbocycles. The summed E-state index contributed by atoms with van der Waals surface area (Å²) >= 11 is 0. The highest BCUT2D eigenvalue weighted by Crippen LogP contribution is 2.50. The van der Waals surface area contributed by atoms with Gasteiger partial charge in [-0.05, 0) is 11.6 Å². The summed E-state index contributed by atoms with van der Waals surface area (Å²) in [4.78, 5) is 11.3. The van der Waals surface area contributed by atoms with Gasteiger partial charge < -0.3 is 19.9 Å². The summed E-state index contributed by atoms with van der Waals surface area (Å²) < 4.78 is 16.2. The van der Waals surface area contributed by atoms with Crippen LogP contribution in [0, 0.1) is 21.4 Å². The van der Waals surface area contributed by atoms with Crippen LogP contribution in [0.5, 0.6) is 17.4 Å². The Morgan fingerprint density at radius 2 is 1.97 bits per heavy atom. The second-order valence-corrected chi connectivity index (χ2v) is 6.63. The van der Waals surface area contributed by atoms with Gasteiger partial charge in [0, 0.05) is 5.56 Å². The van der Waals surface area contributed by atoms with Crippen LogP contribution in [0.25, 0.3) is 11.3 Å². The fourth-order valence-corrected chi connectivity index (χ4v) is 3.72. The topological polar surface area (TPSA) is 149 Å². The Balaban J connectivity index is 1.80.